The fraction of sp³-hybridized carbons (Fsp3) is 0.185. The lowest BCUT2D eigenvalue weighted by molar-refractivity contribution is -0.132. The molecule has 0 aromatic heterocycles. The van der Waals surface area contributed by atoms with E-state index in [1.54, 1.807) is 48.5 Å². The average molecular weight is 494 g/mol. The summed E-state index contributed by atoms with van der Waals surface area (Å²) in [5.74, 6) is -0.809. The number of nitrogens with zero attached hydrogens (tertiary/aromatic N) is 1. The molecule has 1 aliphatic rings. The number of benzene rings is 3. The molecule has 1 amide bonds. The first-order valence-electron chi connectivity index (χ1n) is 10.9. The monoisotopic (exact) mass is 493 g/mol. The van der Waals surface area contributed by atoms with Crippen LogP contribution in [0.4, 0.5) is 5.69 Å². The number of ether oxygens (including phenoxy) is 3. The standard InChI is InChI=1S/C27H24ClNO6/c1-4-35-18-12-10-16(11-13-18)24-23(26(31)27(32)29(24)17-8-6-5-7-9-17)25(30)19-14-22(34-3)20(28)15-21(19)33-2/h5-15,24,30H,4H2,1-3H3/b25-23+. The van der Waals surface area contributed by atoms with Crippen molar-refractivity contribution >= 4 is 34.7 Å². The second-order valence-electron chi connectivity index (χ2n) is 7.69. The minimum atomic E-state index is -0.889. The first kappa shape index (κ1) is 24.2. The third-order valence-electron chi connectivity index (χ3n) is 5.71. The highest BCUT2D eigenvalue weighted by atomic mass is 35.5. The molecule has 0 aliphatic carbocycles. The summed E-state index contributed by atoms with van der Waals surface area (Å²) in [4.78, 5) is 28.0. The number of ketones is 1. The number of hydrogen-bond donors (Lipinski definition) is 1. The molecular formula is C27H24ClNO6. The number of carbonyl (C=O) groups is 2. The van der Waals surface area contributed by atoms with Gasteiger partial charge in [0.25, 0.3) is 11.7 Å². The van der Waals surface area contributed by atoms with Gasteiger partial charge in [0.2, 0.25) is 0 Å². The van der Waals surface area contributed by atoms with Crippen molar-refractivity contribution in [1.29, 1.82) is 0 Å². The molecule has 3 aromatic carbocycles. The van der Waals surface area contributed by atoms with Crippen molar-refractivity contribution in [3.63, 3.8) is 0 Å². The SMILES string of the molecule is CCOc1ccc(C2/C(=C(\O)c3cc(OC)c(Cl)cc3OC)C(=O)C(=O)N2c2ccccc2)cc1. The average Bonchev–Trinajstić information content (AvgIpc) is 3.14. The van der Waals surface area contributed by atoms with Gasteiger partial charge in [-0.05, 0) is 42.8 Å². The molecule has 0 saturated carbocycles. The molecule has 1 saturated heterocycles. The lowest BCUT2D eigenvalue weighted by atomic mass is 9.94. The number of aliphatic hydroxyl groups excluding tert-OH is 1. The van der Waals surface area contributed by atoms with Crippen LogP contribution in [0.15, 0.2) is 72.3 Å². The Hall–Kier alpha value is -3.97. The maximum absolute atomic E-state index is 13.3. The van der Waals surface area contributed by atoms with E-state index < -0.39 is 23.5 Å². The number of amides is 1. The van der Waals surface area contributed by atoms with Crippen LogP contribution in [0, 0.1) is 0 Å². The van der Waals surface area contributed by atoms with Crippen LogP contribution >= 0.6 is 11.6 Å². The van der Waals surface area contributed by atoms with E-state index in [2.05, 4.69) is 0 Å². The van der Waals surface area contributed by atoms with Crippen molar-refractivity contribution in [2.24, 2.45) is 0 Å². The third-order valence-corrected chi connectivity index (χ3v) is 6.01. The molecular weight excluding hydrogens is 470 g/mol. The Kier molecular flexibility index (Phi) is 6.98. The fourth-order valence-electron chi connectivity index (χ4n) is 4.11. The van der Waals surface area contributed by atoms with E-state index in [1.165, 1.54) is 31.3 Å². The van der Waals surface area contributed by atoms with Gasteiger partial charge in [0.05, 0.1) is 43.0 Å². The first-order valence-corrected chi connectivity index (χ1v) is 11.3. The number of anilines is 1. The zero-order chi connectivity index (χ0) is 25.1. The Labute approximate surface area is 208 Å². The molecule has 35 heavy (non-hydrogen) atoms. The second kappa shape index (κ2) is 10.1. The molecule has 0 radical (unpaired) electrons. The maximum atomic E-state index is 13.3. The van der Waals surface area contributed by atoms with Crippen LogP contribution in [0.2, 0.25) is 5.02 Å². The molecule has 0 spiro atoms. The number of hydrogen-bond acceptors (Lipinski definition) is 6. The van der Waals surface area contributed by atoms with Crippen LogP contribution in [-0.4, -0.2) is 37.6 Å². The lowest BCUT2D eigenvalue weighted by Gasteiger charge is -2.25. The largest absolute Gasteiger partial charge is 0.507 e. The van der Waals surface area contributed by atoms with E-state index in [0.717, 1.165) is 0 Å². The van der Waals surface area contributed by atoms with E-state index in [9.17, 15) is 14.7 Å². The van der Waals surface area contributed by atoms with Gasteiger partial charge in [-0.25, -0.2) is 0 Å². The summed E-state index contributed by atoms with van der Waals surface area (Å²) in [7, 11) is 2.85. The highest BCUT2D eigenvalue weighted by Crippen LogP contribution is 2.44. The molecule has 3 aromatic rings. The van der Waals surface area contributed by atoms with Crippen molar-refractivity contribution in [1.82, 2.24) is 0 Å². The Morgan fingerprint density at radius 1 is 0.971 bits per heavy atom. The van der Waals surface area contributed by atoms with Crippen molar-refractivity contribution < 1.29 is 28.9 Å². The number of carbonyl (C=O) groups excluding carboxylic acids is 2. The van der Waals surface area contributed by atoms with Crippen LogP contribution in [0.25, 0.3) is 5.76 Å². The zero-order valence-corrected chi connectivity index (χ0v) is 20.2. The van der Waals surface area contributed by atoms with Gasteiger partial charge in [0, 0.05) is 11.8 Å². The summed E-state index contributed by atoms with van der Waals surface area (Å²) in [6.07, 6.45) is 0. The number of rotatable bonds is 7. The molecule has 1 fully saturated rings. The van der Waals surface area contributed by atoms with Gasteiger partial charge in [-0.1, -0.05) is 41.9 Å². The van der Waals surface area contributed by atoms with E-state index in [-0.39, 0.29) is 27.7 Å². The Balaban J connectivity index is 1.96. The number of Topliss-reactive ketones (excluding diaryl/α,β-unsaturated/α-hetero) is 1. The van der Waals surface area contributed by atoms with E-state index in [1.807, 2.05) is 13.0 Å². The van der Waals surface area contributed by atoms with Gasteiger partial charge in [0.15, 0.2) is 0 Å². The number of methoxy groups -OCH3 is 2. The van der Waals surface area contributed by atoms with Crippen molar-refractivity contribution in [3.05, 3.63) is 88.5 Å². The zero-order valence-electron chi connectivity index (χ0n) is 19.4. The Morgan fingerprint density at radius 2 is 1.63 bits per heavy atom. The molecule has 7 nitrogen and oxygen atoms in total. The van der Waals surface area contributed by atoms with Crippen molar-refractivity contribution in [2.45, 2.75) is 13.0 Å². The smallest absolute Gasteiger partial charge is 0.300 e. The minimum absolute atomic E-state index is 0.0781. The van der Waals surface area contributed by atoms with Crippen LogP contribution in [0.5, 0.6) is 17.2 Å². The first-order chi connectivity index (χ1) is 16.9. The fourth-order valence-corrected chi connectivity index (χ4v) is 4.34. The highest BCUT2D eigenvalue weighted by Gasteiger charge is 2.47. The van der Waals surface area contributed by atoms with Gasteiger partial charge in [-0.3, -0.25) is 14.5 Å². The summed E-state index contributed by atoms with van der Waals surface area (Å²) < 4.78 is 16.2. The molecule has 1 aliphatic heterocycles. The molecule has 180 valence electrons. The molecule has 1 N–H and O–H groups in total. The van der Waals surface area contributed by atoms with Gasteiger partial charge in [-0.2, -0.15) is 0 Å². The van der Waals surface area contributed by atoms with Gasteiger partial charge in [0.1, 0.15) is 23.0 Å². The van der Waals surface area contributed by atoms with Gasteiger partial charge in [-0.15, -0.1) is 0 Å². The quantitative estimate of drug-likeness (QED) is 0.270. The summed E-state index contributed by atoms with van der Waals surface area (Å²) in [5.41, 5.74) is 1.24. The molecule has 4 rings (SSSR count). The van der Waals surface area contributed by atoms with Gasteiger partial charge >= 0.3 is 0 Å². The minimum Gasteiger partial charge on any atom is -0.507 e. The predicted octanol–water partition coefficient (Wildman–Crippen LogP) is 5.38. The topological polar surface area (TPSA) is 85.3 Å². The van der Waals surface area contributed by atoms with Gasteiger partial charge < -0.3 is 19.3 Å². The highest BCUT2D eigenvalue weighted by molar-refractivity contribution is 6.51. The molecule has 0 bridgehead atoms. The Morgan fingerprint density at radius 3 is 2.23 bits per heavy atom. The van der Waals surface area contributed by atoms with Crippen LogP contribution in [-0.2, 0) is 9.59 Å². The van der Waals surface area contributed by atoms with E-state index in [0.29, 0.717) is 23.6 Å². The number of halogens is 1. The number of aliphatic hydroxyl groups is 1. The molecule has 1 unspecified atom stereocenters. The maximum Gasteiger partial charge on any atom is 0.300 e. The third kappa shape index (κ3) is 4.42. The van der Waals surface area contributed by atoms with Crippen LogP contribution in [0.3, 0.4) is 0 Å². The number of para-hydroxylation sites is 1. The second-order valence-corrected chi connectivity index (χ2v) is 8.10. The van der Waals surface area contributed by atoms with Crippen LogP contribution < -0.4 is 19.1 Å². The molecule has 1 heterocycles. The molecule has 1 atom stereocenters. The van der Waals surface area contributed by atoms with E-state index in [4.69, 9.17) is 25.8 Å². The van der Waals surface area contributed by atoms with Crippen molar-refractivity contribution in [3.8, 4) is 17.2 Å². The van der Waals surface area contributed by atoms with Crippen LogP contribution in [0.1, 0.15) is 24.1 Å². The normalized spacial score (nSPS) is 16.9. The Bertz CT molecular complexity index is 1290. The summed E-state index contributed by atoms with van der Waals surface area (Å²) >= 11 is 6.22. The van der Waals surface area contributed by atoms with Crippen molar-refractivity contribution in [2.75, 3.05) is 25.7 Å². The molecule has 8 heteroatoms. The summed E-state index contributed by atoms with van der Waals surface area (Å²) in [6, 6.07) is 18.0. The summed E-state index contributed by atoms with van der Waals surface area (Å²) in [5, 5.41) is 11.7. The predicted molar refractivity (Wildman–Crippen MR) is 133 cm³/mol. The summed E-state index contributed by atoms with van der Waals surface area (Å²) in [6.45, 7) is 2.38. The lowest BCUT2D eigenvalue weighted by Crippen LogP contribution is -2.29. The van der Waals surface area contributed by atoms with E-state index >= 15 is 0 Å².